The molecule has 0 radical (unpaired) electrons. The number of benzene rings is 2. The second kappa shape index (κ2) is 7.35. The molecule has 0 saturated heterocycles. The van der Waals surface area contributed by atoms with Crippen molar-refractivity contribution in [2.45, 2.75) is 37.9 Å². The number of para-hydroxylation sites is 1. The minimum atomic E-state index is -4.48. The lowest BCUT2D eigenvalue weighted by Gasteiger charge is -2.13. The Kier molecular flexibility index (Phi) is 4.86. The largest absolute Gasteiger partial charge is 0.416 e. The van der Waals surface area contributed by atoms with E-state index in [1.807, 2.05) is 0 Å². The first-order valence-electron chi connectivity index (χ1n) is 9.30. The molecular weight excluding hydrogens is 383 g/mol. The quantitative estimate of drug-likeness (QED) is 0.693. The van der Waals surface area contributed by atoms with Gasteiger partial charge in [-0.05, 0) is 43.2 Å². The third-order valence-corrected chi connectivity index (χ3v) is 4.84. The van der Waals surface area contributed by atoms with Crippen molar-refractivity contribution >= 4 is 22.5 Å². The maximum absolute atomic E-state index is 12.8. The van der Waals surface area contributed by atoms with Crippen molar-refractivity contribution in [2.24, 2.45) is 0 Å². The van der Waals surface area contributed by atoms with Gasteiger partial charge in [-0.2, -0.15) is 13.2 Å². The van der Waals surface area contributed by atoms with E-state index in [-0.39, 0.29) is 30.1 Å². The molecule has 8 heteroatoms. The Bertz CT molecular complexity index is 1130. The summed E-state index contributed by atoms with van der Waals surface area (Å²) in [6.45, 7) is 0. The number of hydrogen-bond acceptors (Lipinski definition) is 3. The number of anilines is 1. The molecule has 1 amide bonds. The number of aromatic nitrogens is 2. The summed E-state index contributed by atoms with van der Waals surface area (Å²) >= 11 is 0. The van der Waals surface area contributed by atoms with Crippen LogP contribution in [-0.2, 0) is 17.4 Å². The Morgan fingerprint density at radius 1 is 1.14 bits per heavy atom. The van der Waals surface area contributed by atoms with Crippen molar-refractivity contribution in [3.05, 3.63) is 70.3 Å². The Balaban J connectivity index is 1.52. The average Bonchev–Trinajstić information content (AvgIpc) is 3.51. The molecule has 3 aromatic rings. The van der Waals surface area contributed by atoms with E-state index in [4.69, 9.17) is 0 Å². The van der Waals surface area contributed by atoms with E-state index in [2.05, 4.69) is 10.3 Å². The zero-order valence-corrected chi connectivity index (χ0v) is 15.4. The average molecular weight is 401 g/mol. The molecule has 5 nitrogen and oxygen atoms in total. The van der Waals surface area contributed by atoms with Gasteiger partial charge in [-0.3, -0.25) is 14.2 Å². The highest BCUT2D eigenvalue weighted by Crippen LogP contribution is 2.35. The maximum atomic E-state index is 12.8. The van der Waals surface area contributed by atoms with Crippen LogP contribution < -0.4 is 10.9 Å². The van der Waals surface area contributed by atoms with Gasteiger partial charge in [0.15, 0.2) is 0 Å². The summed E-state index contributed by atoms with van der Waals surface area (Å²) in [5, 5.41) is 3.03. The topological polar surface area (TPSA) is 64.0 Å². The standard InChI is InChI=1S/C21H18F3N3O2/c22-21(23,24)13-4-3-5-14(12-13)25-19(28)11-10-18-26-17-7-2-1-6-16(17)20(29)27(18)15-8-9-15/h1-7,12,15H,8-11H2,(H,25,28). The van der Waals surface area contributed by atoms with Crippen LogP contribution in [0.5, 0.6) is 0 Å². The second-order valence-corrected chi connectivity index (χ2v) is 7.08. The number of fused-ring (bicyclic) bond motifs is 1. The summed E-state index contributed by atoms with van der Waals surface area (Å²) in [5.74, 6) is 0.0875. The Morgan fingerprint density at radius 2 is 1.90 bits per heavy atom. The van der Waals surface area contributed by atoms with Crippen LogP contribution >= 0.6 is 0 Å². The van der Waals surface area contributed by atoms with Crippen molar-refractivity contribution in [1.29, 1.82) is 0 Å². The summed E-state index contributed by atoms with van der Waals surface area (Å²) in [7, 11) is 0. The first kappa shape index (κ1) is 19.2. The van der Waals surface area contributed by atoms with Gasteiger partial charge in [0.05, 0.1) is 16.5 Å². The van der Waals surface area contributed by atoms with Gasteiger partial charge in [0.2, 0.25) is 5.91 Å². The molecule has 0 aliphatic heterocycles. The fourth-order valence-corrected chi connectivity index (χ4v) is 3.30. The third kappa shape index (κ3) is 4.16. The molecule has 4 rings (SSSR count). The summed E-state index contributed by atoms with van der Waals surface area (Å²) in [6, 6.07) is 11.6. The highest BCUT2D eigenvalue weighted by molar-refractivity contribution is 5.90. The lowest BCUT2D eigenvalue weighted by molar-refractivity contribution is -0.137. The van der Waals surface area contributed by atoms with Crippen molar-refractivity contribution in [2.75, 3.05) is 5.32 Å². The highest BCUT2D eigenvalue weighted by Gasteiger charge is 2.31. The summed E-state index contributed by atoms with van der Waals surface area (Å²) in [5.41, 5.74) is -0.293. The third-order valence-electron chi connectivity index (χ3n) is 4.84. The summed E-state index contributed by atoms with van der Waals surface area (Å²) in [6.07, 6.45) is -2.46. The molecule has 0 spiro atoms. The molecule has 2 aromatic carbocycles. The number of amides is 1. The molecule has 0 atom stereocenters. The lowest BCUT2D eigenvalue weighted by atomic mass is 10.2. The van der Waals surface area contributed by atoms with E-state index in [1.165, 1.54) is 12.1 Å². The molecule has 1 fully saturated rings. The molecular formula is C21H18F3N3O2. The molecule has 1 saturated carbocycles. The number of alkyl halides is 3. The SMILES string of the molecule is O=C(CCc1nc2ccccc2c(=O)n1C1CC1)Nc1cccc(C(F)(F)F)c1. The first-order valence-corrected chi connectivity index (χ1v) is 9.30. The monoisotopic (exact) mass is 401 g/mol. The van der Waals surface area contributed by atoms with E-state index < -0.39 is 17.6 Å². The molecule has 1 aliphatic carbocycles. The Labute approximate surface area is 164 Å². The smallest absolute Gasteiger partial charge is 0.326 e. The molecule has 0 bridgehead atoms. The number of halogens is 3. The Hall–Kier alpha value is -3.16. The van der Waals surface area contributed by atoms with E-state index in [1.54, 1.807) is 28.8 Å². The van der Waals surface area contributed by atoms with Gasteiger partial charge in [-0.25, -0.2) is 4.98 Å². The van der Waals surface area contributed by atoms with Gasteiger partial charge >= 0.3 is 6.18 Å². The van der Waals surface area contributed by atoms with Crippen LogP contribution in [0.4, 0.5) is 18.9 Å². The number of hydrogen-bond donors (Lipinski definition) is 1. The fourth-order valence-electron chi connectivity index (χ4n) is 3.30. The second-order valence-electron chi connectivity index (χ2n) is 7.08. The molecule has 1 N–H and O–H groups in total. The number of nitrogens with zero attached hydrogens (tertiary/aromatic N) is 2. The van der Waals surface area contributed by atoms with Gasteiger partial charge in [-0.1, -0.05) is 18.2 Å². The summed E-state index contributed by atoms with van der Waals surface area (Å²) < 4.78 is 40.1. The molecule has 150 valence electrons. The van der Waals surface area contributed by atoms with Crippen LogP contribution in [0.2, 0.25) is 0 Å². The van der Waals surface area contributed by atoms with Gasteiger partial charge < -0.3 is 5.32 Å². The normalized spacial score (nSPS) is 14.2. The van der Waals surface area contributed by atoms with Crippen molar-refractivity contribution in [3.63, 3.8) is 0 Å². The molecule has 1 aliphatic rings. The van der Waals surface area contributed by atoms with Crippen molar-refractivity contribution < 1.29 is 18.0 Å². The molecule has 1 heterocycles. The minimum absolute atomic E-state index is 0.00768. The van der Waals surface area contributed by atoms with E-state index in [9.17, 15) is 22.8 Å². The van der Waals surface area contributed by atoms with E-state index in [0.717, 1.165) is 25.0 Å². The minimum Gasteiger partial charge on any atom is -0.326 e. The van der Waals surface area contributed by atoms with Crippen LogP contribution in [-0.4, -0.2) is 15.5 Å². The van der Waals surface area contributed by atoms with Crippen molar-refractivity contribution in [3.8, 4) is 0 Å². The maximum Gasteiger partial charge on any atom is 0.416 e. The van der Waals surface area contributed by atoms with Crippen LogP contribution in [0, 0.1) is 0 Å². The summed E-state index contributed by atoms with van der Waals surface area (Å²) in [4.78, 5) is 29.7. The number of carbonyl (C=O) groups excluding carboxylic acids is 1. The fraction of sp³-hybridized carbons (Fsp3) is 0.286. The van der Waals surface area contributed by atoms with Crippen LogP contribution in [0.25, 0.3) is 10.9 Å². The van der Waals surface area contributed by atoms with Crippen molar-refractivity contribution in [1.82, 2.24) is 9.55 Å². The van der Waals surface area contributed by atoms with E-state index >= 15 is 0 Å². The van der Waals surface area contributed by atoms with Crippen LogP contribution in [0.15, 0.2) is 53.3 Å². The van der Waals surface area contributed by atoms with Gasteiger partial charge in [0, 0.05) is 24.6 Å². The zero-order chi connectivity index (χ0) is 20.6. The molecule has 0 unspecified atom stereocenters. The van der Waals surface area contributed by atoms with E-state index in [0.29, 0.717) is 16.7 Å². The highest BCUT2D eigenvalue weighted by atomic mass is 19.4. The van der Waals surface area contributed by atoms with Crippen LogP contribution in [0.3, 0.4) is 0 Å². The van der Waals surface area contributed by atoms with Gasteiger partial charge in [0.25, 0.3) is 5.56 Å². The predicted octanol–water partition coefficient (Wildman–Crippen LogP) is 4.32. The Morgan fingerprint density at radius 3 is 2.62 bits per heavy atom. The predicted molar refractivity (Wildman–Crippen MR) is 103 cm³/mol. The lowest BCUT2D eigenvalue weighted by Crippen LogP contribution is -2.25. The number of rotatable bonds is 5. The van der Waals surface area contributed by atoms with Gasteiger partial charge in [0.1, 0.15) is 5.82 Å². The number of nitrogens with one attached hydrogen (secondary N) is 1. The number of aryl methyl sites for hydroxylation is 1. The van der Waals surface area contributed by atoms with Gasteiger partial charge in [-0.15, -0.1) is 0 Å². The molecule has 1 aromatic heterocycles. The zero-order valence-electron chi connectivity index (χ0n) is 15.4. The number of carbonyl (C=O) groups is 1. The first-order chi connectivity index (χ1) is 13.8. The van der Waals surface area contributed by atoms with Crippen LogP contribution in [0.1, 0.15) is 36.7 Å². The molecule has 29 heavy (non-hydrogen) atoms.